The van der Waals surface area contributed by atoms with Crippen LogP contribution in [-0.2, 0) is 21.2 Å². The number of nitrogens with zero attached hydrogens (tertiary/aromatic N) is 4. The summed E-state index contributed by atoms with van der Waals surface area (Å²) < 4.78 is 40.2. The molecule has 1 N–H and O–H groups in total. The zero-order valence-electron chi connectivity index (χ0n) is 17.1. The average molecular weight is 466 g/mol. The largest absolute Gasteiger partial charge is 0.480 e. The van der Waals surface area contributed by atoms with Crippen LogP contribution in [0.2, 0.25) is 0 Å². The summed E-state index contributed by atoms with van der Waals surface area (Å²) in [7, 11) is -4.08. The van der Waals surface area contributed by atoms with Crippen LogP contribution in [0.4, 0.5) is 0 Å². The molecule has 168 valence electrons. The number of aromatic nitrogens is 3. The molecule has 0 bridgehead atoms. The monoisotopic (exact) mass is 466 g/mol. The van der Waals surface area contributed by atoms with Crippen molar-refractivity contribution in [2.75, 3.05) is 6.54 Å². The topological polar surface area (TPSA) is 128 Å². The van der Waals surface area contributed by atoms with E-state index >= 15 is 0 Å². The molecule has 10 nitrogen and oxygen atoms in total. The van der Waals surface area contributed by atoms with Crippen molar-refractivity contribution in [3.63, 3.8) is 0 Å². The Morgan fingerprint density at radius 3 is 2.58 bits per heavy atom. The number of hydrogen-bond donors (Lipinski definition) is 1. The third-order valence-corrected chi connectivity index (χ3v) is 7.19. The van der Waals surface area contributed by atoms with Crippen molar-refractivity contribution >= 4 is 16.0 Å². The summed E-state index contributed by atoms with van der Waals surface area (Å²) in [6.07, 6.45) is 8.35. The first kappa shape index (κ1) is 20.9. The van der Waals surface area contributed by atoms with E-state index in [-0.39, 0.29) is 17.2 Å². The molecule has 0 saturated carbocycles. The van der Waals surface area contributed by atoms with Gasteiger partial charge >= 0.3 is 5.97 Å². The third-order valence-electron chi connectivity index (χ3n) is 5.31. The molecule has 33 heavy (non-hydrogen) atoms. The molecule has 1 aliphatic rings. The van der Waals surface area contributed by atoms with Crippen LogP contribution in [0.5, 0.6) is 11.5 Å². The molecule has 1 aromatic carbocycles. The van der Waals surface area contributed by atoms with Gasteiger partial charge in [-0.25, -0.2) is 23.2 Å². The van der Waals surface area contributed by atoms with Crippen molar-refractivity contribution in [2.45, 2.75) is 17.4 Å². The van der Waals surface area contributed by atoms with Gasteiger partial charge in [0, 0.05) is 18.9 Å². The van der Waals surface area contributed by atoms with Crippen molar-refractivity contribution < 1.29 is 27.5 Å². The first-order chi connectivity index (χ1) is 15.9. The van der Waals surface area contributed by atoms with E-state index in [4.69, 9.17) is 9.15 Å². The van der Waals surface area contributed by atoms with Crippen molar-refractivity contribution in [3.8, 4) is 17.3 Å². The molecule has 11 heteroatoms. The summed E-state index contributed by atoms with van der Waals surface area (Å²) in [5, 5.41) is 9.68. The predicted octanol–water partition coefficient (Wildman–Crippen LogP) is 3.03. The van der Waals surface area contributed by atoms with Gasteiger partial charge in [0.05, 0.1) is 17.4 Å². The second kappa shape index (κ2) is 8.19. The normalized spacial score (nSPS) is 16.3. The lowest BCUT2D eigenvalue weighted by atomic mass is 10.0. The van der Waals surface area contributed by atoms with E-state index in [1.165, 1.54) is 30.5 Å². The van der Waals surface area contributed by atoms with Crippen LogP contribution in [0.25, 0.3) is 5.82 Å². The quantitative estimate of drug-likeness (QED) is 0.459. The number of fused-ring (bicyclic) bond motifs is 1. The number of carboxylic acids is 1. The predicted molar refractivity (Wildman–Crippen MR) is 115 cm³/mol. The van der Waals surface area contributed by atoms with E-state index in [1.807, 2.05) is 0 Å². The van der Waals surface area contributed by atoms with Gasteiger partial charge in [-0.1, -0.05) is 0 Å². The highest BCUT2D eigenvalue weighted by Gasteiger charge is 2.42. The summed E-state index contributed by atoms with van der Waals surface area (Å²) in [5.74, 6) is 0.412. The van der Waals surface area contributed by atoms with Gasteiger partial charge in [0.2, 0.25) is 10.0 Å². The Labute approximate surface area is 188 Å². The molecular formula is C22H18N4O6S. The fourth-order valence-corrected chi connectivity index (χ4v) is 5.26. The van der Waals surface area contributed by atoms with E-state index in [0.717, 1.165) is 4.31 Å². The number of hydrogen-bond acceptors (Lipinski definition) is 7. The Morgan fingerprint density at radius 1 is 1.12 bits per heavy atom. The summed E-state index contributed by atoms with van der Waals surface area (Å²) in [5.41, 5.74) is 0.699. The van der Waals surface area contributed by atoms with Crippen LogP contribution in [-0.4, -0.2) is 44.9 Å². The maximum absolute atomic E-state index is 13.2. The highest BCUT2D eigenvalue weighted by Crippen LogP contribution is 2.35. The fourth-order valence-electron chi connectivity index (χ4n) is 3.71. The van der Waals surface area contributed by atoms with Crippen LogP contribution in [0.1, 0.15) is 17.4 Å². The minimum atomic E-state index is -4.08. The number of furan rings is 1. The number of carboxylic acid groups (broad SMARTS) is 1. The molecule has 1 atom stereocenters. The van der Waals surface area contributed by atoms with Gasteiger partial charge in [-0.05, 0) is 54.4 Å². The Balaban J connectivity index is 1.35. The summed E-state index contributed by atoms with van der Waals surface area (Å²) in [6.45, 7) is 0.0407. The molecule has 0 amide bonds. The van der Waals surface area contributed by atoms with Crippen molar-refractivity contribution in [1.82, 2.24) is 18.8 Å². The molecule has 0 spiro atoms. The molecule has 3 aromatic heterocycles. The minimum Gasteiger partial charge on any atom is -0.480 e. The second-order valence-corrected chi connectivity index (χ2v) is 9.20. The van der Waals surface area contributed by atoms with Gasteiger partial charge in [-0.3, -0.25) is 4.57 Å². The van der Waals surface area contributed by atoms with Crippen LogP contribution < -0.4 is 4.74 Å². The van der Waals surface area contributed by atoms with Gasteiger partial charge in [0.15, 0.2) is 6.04 Å². The van der Waals surface area contributed by atoms with E-state index < -0.39 is 22.0 Å². The van der Waals surface area contributed by atoms with Gasteiger partial charge in [-0.15, -0.1) is 0 Å². The maximum Gasteiger partial charge on any atom is 0.329 e. The fraction of sp³-hybridized carbons (Fsp3) is 0.136. The van der Waals surface area contributed by atoms with E-state index in [0.29, 0.717) is 29.3 Å². The smallest absolute Gasteiger partial charge is 0.329 e. The Hall–Kier alpha value is -3.96. The van der Waals surface area contributed by atoms with E-state index in [2.05, 4.69) is 9.97 Å². The van der Waals surface area contributed by atoms with Crippen LogP contribution >= 0.6 is 0 Å². The highest BCUT2D eigenvalue weighted by molar-refractivity contribution is 7.89. The molecule has 5 rings (SSSR count). The first-order valence-corrected chi connectivity index (χ1v) is 11.4. The van der Waals surface area contributed by atoms with Crippen LogP contribution in [0.15, 0.2) is 83.0 Å². The highest BCUT2D eigenvalue weighted by atomic mass is 32.2. The van der Waals surface area contributed by atoms with Gasteiger partial charge < -0.3 is 14.3 Å². The Kier molecular flexibility index (Phi) is 5.19. The molecule has 0 saturated heterocycles. The number of pyridine rings is 1. The maximum atomic E-state index is 13.2. The minimum absolute atomic E-state index is 0.0373. The second-order valence-electron chi connectivity index (χ2n) is 7.31. The van der Waals surface area contributed by atoms with Gasteiger partial charge in [-0.2, -0.15) is 4.31 Å². The molecular weight excluding hydrogens is 448 g/mol. The van der Waals surface area contributed by atoms with E-state index in [1.54, 1.807) is 47.7 Å². The SMILES string of the molecule is O=C(O)C1c2occc2CCN1S(=O)(=O)c1ccc(Oc2ccc(-n3ccnc3)nc2)cc1. The molecule has 0 fully saturated rings. The van der Waals surface area contributed by atoms with Crippen LogP contribution in [0.3, 0.4) is 0 Å². The van der Waals surface area contributed by atoms with Crippen molar-refractivity contribution in [1.29, 1.82) is 0 Å². The number of sulfonamides is 1. The molecule has 0 aliphatic carbocycles. The summed E-state index contributed by atoms with van der Waals surface area (Å²) in [6, 6.07) is 9.54. The van der Waals surface area contributed by atoms with E-state index in [9.17, 15) is 18.3 Å². The van der Waals surface area contributed by atoms with Crippen molar-refractivity contribution in [2.24, 2.45) is 0 Å². The Morgan fingerprint density at radius 2 is 1.91 bits per heavy atom. The number of ether oxygens (including phenoxy) is 1. The first-order valence-electron chi connectivity index (χ1n) is 9.97. The number of carbonyl (C=O) groups is 1. The number of aliphatic carboxylic acids is 1. The number of benzene rings is 1. The standard InChI is InChI=1S/C22H18N4O6S/c27-22(28)20-21-15(8-12-31-21)7-10-26(20)33(29,30)18-4-1-16(2-5-18)32-17-3-6-19(24-13-17)25-11-9-23-14-25/h1-6,8-9,11-14,20H,7,10H2,(H,27,28). The average Bonchev–Trinajstić information content (AvgIpc) is 3.51. The summed E-state index contributed by atoms with van der Waals surface area (Å²) in [4.78, 5) is 20.1. The van der Waals surface area contributed by atoms with Crippen LogP contribution in [0, 0.1) is 0 Å². The lowest BCUT2D eigenvalue weighted by Gasteiger charge is -2.31. The van der Waals surface area contributed by atoms with Gasteiger partial charge in [0.1, 0.15) is 29.4 Å². The zero-order valence-corrected chi connectivity index (χ0v) is 17.9. The molecule has 1 unspecified atom stereocenters. The molecule has 4 heterocycles. The third kappa shape index (κ3) is 3.88. The Bertz CT molecular complexity index is 1380. The molecule has 0 radical (unpaired) electrons. The van der Waals surface area contributed by atoms with Crippen molar-refractivity contribution in [3.05, 3.63) is 85.0 Å². The molecule has 4 aromatic rings. The number of rotatable bonds is 6. The lowest BCUT2D eigenvalue weighted by molar-refractivity contribution is -0.142. The lowest BCUT2D eigenvalue weighted by Crippen LogP contribution is -2.43. The molecule has 1 aliphatic heterocycles. The summed E-state index contributed by atoms with van der Waals surface area (Å²) >= 11 is 0. The number of imidazole rings is 1. The zero-order chi connectivity index (χ0) is 23.0. The van der Waals surface area contributed by atoms with Gasteiger partial charge in [0.25, 0.3) is 0 Å².